The van der Waals surface area contributed by atoms with Crippen LogP contribution in [0.3, 0.4) is 0 Å². The summed E-state index contributed by atoms with van der Waals surface area (Å²) in [5, 5.41) is 7.48. The van der Waals surface area contributed by atoms with Gasteiger partial charge in [-0.3, -0.25) is 0 Å². The number of nitrogens with zero attached hydrogens (tertiary/aromatic N) is 3. The zero-order valence-corrected chi connectivity index (χ0v) is 11.9. The molecule has 0 saturated carbocycles. The Kier molecular flexibility index (Phi) is 8.37. The molecule has 0 aliphatic heterocycles. The molecule has 1 aromatic carbocycles. The molecule has 0 bridgehead atoms. The number of aryl methyl sites for hydroxylation is 1. The van der Waals surface area contributed by atoms with Crippen LogP contribution in [0, 0.1) is 0 Å². The molecule has 2 aromatic rings. The van der Waals surface area contributed by atoms with Crippen molar-refractivity contribution in [1.29, 1.82) is 0 Å². The summed E-state index contributed by atoms with van der Waals surface area (Å²) in [4.78, 5) is 4.21. The van der Waals surface area contributed by atoms with Gasteiger partial charge in [-0.25, -0.2) is 9.67 Å². The number of hydrogen-bond acceptors (Lipinski definition) is 3. The lowest BCUT2D eigenvalue weighted by Crippen LogP contribution is -2.16. The lowest BCUT2D eigenvalue weighted by Gasteiger charge is -2.05. The minimum Gasteiger partial charge on any atom is -0.306 e. The van der Waals surface area contributed by atoms with E-state index in [0.29, 0.717) is 0 Å². The van der Waals surface area contributed by atoms with Crippen molar-refractivity contribution in [3.05, 3.63) is 48.0 Å². The van der Waals surface area contributed by atoms with Gasteiger partial charge in [-0.15, -0.1) is 24.8 Å². The standard InChI is InChI=1S/C12H16N4.2ClH/c1-2-16-12(14-10-15-16)9-13-8-11-6-4-3-5-7-11;;/h3-7,10,13H,2,8-9H2,1H3;2*1H. The van der Waals surface area contributed by atoms with Gasteiger partial charge in [0.2, 0.25) is 0 Å². The summed E-state index contributed by atoms with van der Waals surface area (Å²) in [5.74, 6) is 0.985. The summed E-state index contributed by atoms with van der Waals surface area (Å²) in [7, 11) is 0. The van der Waals surface area contributed by atoms with Gasteiger partial charge in [0, 0.05) is 13.1 Å². The smallest absolute Gasteiger partial charge is 0.140 e. The Hall–Kier alpha value is -1.10. The Morgan fingerprint density at radius 3 is 2.50 bits per heavy atom. The molecule has 1 aromatic heterocycles. The van der Waals surface area contributed by atoms with Crippen LogP contribution >= 0.6 is 24.8 Å². The molecular formula is C12H18Cl2N4. The Balaban J connectivity index is 0.00000144. The van der Waals surface area contributed by atoms with Crippen LogP contribution in [-0.4, -0.2) is 14.8 Å². The maximum absolute atomic E-state index is 4.21. The van der Waals surface area contributed by atoms with Gasteiger partial charge >= 0.3 is 0 Å². The normalized spacial score (nSPS) is 9.39. The second-order valence-electron chi connectivity index (χ2n) is 3.58. The topological polar surface area (TPSA) is 42.7 Å². The Labute approximate surface area is 120 Å². The molecule has 6 heteroatoms. The highest BCUT2D eigenvalue weighted by molar-refractivity contribution is 5.85. The zero-order chi connectivity index (χ0) is 11.2. The van der Waals surface area contributed by atoms with Gasteiger partial charge in [0.25, 0.3) is 0 Å². The molecule has 0 amide bonds. The minimum atomic E-state index is 0. The third-order valence-electron chi connectivity index (χ3n) is 2.45. The van der Waals surface area contributed by atoms with Crippen molar-refractivity contribution in [2.75, 3.05) is 0 Å². The van der Waals surface area contributed by atoms with Crippen LogP contribution in [0.1, 0.15) is 18.3 Å². The summed E-state index contributed by atoms with van der Waals surface area (Å²) < 4.78 is 1.90. The molecule has 0 saturated heterocycles. The van der Waals surface area contributed by atoms with E-state index in [-0.39, 0.29) is 24.8 Å². The lowest BCUT2D eigenvalue weighted by molar-refractivity contribution is 0.572. The average molecular weight is 289 g/mol. The second kappa shape index (κ2) is 8.91. The van der Waals surface area contributed by atoms with Crippen LogP contribution in [0.2, 0.25) is 0 Å². The molecule has 0 spiro atoms. The molecular weight excluding hydrogens is 271 g/mol. The van der Waals surface area contributed by atoms with Crippen LogP contribution in [0.15, 0.2) is 36.7 Å². The van der Waals surface area contributed by atoms with Crippen molar-refractivity contribution >= 4 is 24.8 Å². The lowest BCUT2D eigenvalue weighted by atomic mass is 10.2. The van der Waals surface area contributed by atoms with E-state index < -0.39 is 0 Å². The van der Waals surface area contributed by atoms with Crippen LogP contribution < -0.4 is 5.32 Å². The number of aromatic nitrogens is 3. The van der Waals surface area contributed by atoms with E-state index in [2.05, 4.69) is 34.5 Å². The van der Waals surface area contributed by atoms with Gasteiger partial charge in [0.1, 0.15) is 12.2 Å². The fourth-order valence-electron chi connectivity index (χ4n) is 1.60. The molecule has 0 aliphatic rings. The van der Waals surface area contributed by atoms with Crippen LogP contribution in [-0.2, 0) is 19.6 Å². The molecule has 2 rings (SSSR count). The third kappa shape index (κ3) is 4.64. The van der Waals surface area contributed by atoms with E-state index in [1.165, 1.54) is 5.56 Å². The first kappa shape index (κ1) is 16.9. The van der Waals surface area contributed by atoms with E-state index in [4.69, 9.17) is 0 Å². The number of halogens is 2. The molecule has 0 aliphatic carbocycles. The van der Waals surface area contributed by atoms with E-state index >= 15 is 0 Å². The predicted octanol–water partition coefficient (Wildman–Crippen LogP) is 2.43. The Bertz CT molecular complexity index is 431. The van der Waals surface area contributed by atoms with Crippen LogP contribution in [0.4, 0.5) is 0 Å². The molecule has 18 heavy (non-hydrogen) atoms. The second-order valence-corrected chi connectivity index (χ2v) is 3.58. The minimum absolute atomic E-state index is 0. The van der Waals surface area contributed by atoms with Crippen LogP contribution in [0.25, 0.3) is 0 Å². The fraction of sp³-hybridized carbons (Fsp3) is 0.333. The molecule has 0 atom stereocenters. The highest BCUT2D eigenvalue weighted by atomic mass is 35.5. The van der Waals surface area contributed by atoms with Crippen molar-refractivity contribution < 1.29 is 0 Å². The van der Waals surface area contributed by atoms with Gasteiger partial charge in [0.15, 0.2) is 0 Å². The van der Waals surface area contributed by atoms with Gasteiger partial charge < -0.3 is 5.32 Å². The van der Waals surface area contributed by atoms with Crippen molar-refractivity contribution in [1.82, 2.24) is 20.1 Å². The third-order valence-corrected chi connectivity index (χ3v) is 2.45. The van der Waals surface area contributed by atoms with Gasteiger partial charge in [-0.1, -0.05) is 30.3 Å². The van der Waals surface area contributed by atoms with Crippen LogP contribution in [0.5, 0.6) is 0 Å². The van der Waals surface area contributed by atoms with Gasteiger partial charge in [0.05, 0.1) is 6.54 Å². The van der Waals surface area contributed by atoms with Crippen molar-refractivity contribution in [2.24, 2.45) is 0 Å². The monoisotopic (exact) mass is 288 g/mol. The molecule has 0 radical (unpaired) electrons. The summed E-state index contributed by atoms with van der Waals surface area (Å²) in [6.07, 6.45) is 1.60. The van der Waals surface area contributed by atoms with Crippen molar-refractivity contribution in [3.8, 4) is 0 Å². The average Bonchev–Trinajstić information content (AvgIpc) is 2.78. The Morgan fingerprint density at radius 1 is 1.11 bits per heavy atom. The molecule has 1 N–H and O–H groups in total. The molecule has 100 valence electrons. The van der Waals surface area contributed by atoms with E-state index in [1.54, 1.807) is 6.33 Å². The van der Waals surface area contributed by atoms with E-state index in [0.717, 1.165) is 25.5 Å². The maximum Gasteiger partial charge on any atom is 0.140 e. The highest BCUT2D eigenvalue weighted by Gasteiger charge is 2.01. The van der Waals surface area contributed by atoms with E-state index in [1.807, 2.05) is 22.9 Å². The number of benzene rings is 1. The SMILES string of the molecule is CCn1ncnc1CNCc1ccccc1.Cl.Cl. The largest absolute Gasteiger partial charge is 0.306 e. The molecule has 4 nitrogen and oxygen atoms in total. The summed E-state index contributed by atoms with van der Waals surface area (Å²) in [6, 6.07) is 10.3. The van der Waals surface area contributed by atoms with Crippen molar-refractivity contribution in [3.63, 3.8) is 0 Å². The number of rotatable bonds is 5. The zero-order valence-electron chi connectivity index (χ0n) is 10.2. The first-order valence-electron chi connectivity index (χ1n) is 5.51. The summed E-state index contributed by atoms with van der Waals surface area (Å²) in [6.45, 7) is 4.54. The summed E-state index contributed by atoms with van der Waals surface area (Å²) in [5.41, 5.74) is 1.28. The molecule has 0 unspecified atom stereocenters. The number of hydrogen-bond donors (Lipinski definition) is 1. The van der Waals surface area contributed by atoms with Gasteiger partial charge in [-0.2, -0.15) is 5.10 Å². The Morgan fingerprint density at radius 2 is 1.83 bits per heavy atom. The number of nitrogens with one attached hydrogen (secondary N) is 1. The summed E-state index contributed by atoms with van der Waals surface area (Å²) >= 11 is 0. The first-order valence-corrected chi connectivity index (χ1v) is 5.51. The highest BCUT2D eigenvalue weighted by Crippen LogP contribution is 1.99. The van der Waals surface area contributed by atoms with E-state index in [9.17, 15) is 0 Å². The fourth-order valence-corrected chi connectivity index (χ4v) is 1.60. The predicted molar refractivity (Wildman–Crippen MR) is 77.2 cm³/mol. The molecule has 0 fully saturated rings. The first-order chi connectivity index (χ1) is 7.90. The quantitative estimate of drug-likeness (QED) is 0.919. The van der Waals surface area contributed by atoms with Gasteiger partial charge in [-0.05, 0) is 12.5 Å². The maximum atomic E-state index is 4.21. The van der Waals surface area contributed by atoms with Crippen molar-refractivity contribution in [2.45, 2.75) is 26.6 Å². The molecule has 1 heterocycles.